The quantitative estimate of drug-likeness (QED) is 0.0353. The second kappa shape index (κ2) is 31.7. The fraction of sp³-hybridized carbons (Fsp3) is 0.781. The van der Waals surface area contributed by atoms with Gasteiger partial charge in [0.25, 0.3) is 5.91 Å². The van der Waals surface area contributed by atoms with Gasteiger partial charge in [0.2, 0.25) is 53.2 Å². The van der Waals surface area contributed by atoms with E-state index >= 15 is 0 Å². The van der Waals surface area contributed by atoms with E-state index in [1.807, 2.05) is 67.5 Å². The summed E-state index contributed by atoms with van der Waals surface area (Å²) in [5.74, 6) is -4.06. The van der Waals surface area contributed by atoms with Gasteiger partial charge in [0, 0.05) is 31.7 Å². The summed E-state index contributed by atoms with van der Waals surface area (Å²) in [4.78, 5) is 142. The zero-order valence-electron chi connectivity index (χ0n) is 54.5. The summed E-state index contributed by atoms with van der Waals surface area (Å²) in [6.07, 6.45) is 14.2. The van der Waals surface area contributed by atoms with Crippen LogP contribution in [-0.4, -0.2) is 143 Å². The molecule has 1 aromatic rings. The second-order valence-electron chi connectivity index (χ2n) is 28.4. The van der Waals surface area contributed by atoms with E-state index in [1.54, 1.807) is 18.3 Å². The number of unbranched alkanes of at least 4 members (excludes halogenated alkanes) is 5. The van der Waals surface area contributed by atoms with Crippen LogP contribution in [-0.2, 0) is 38.4 Å². The molecule has 5 atom stereocenters. The maximum Gasteiger partial charge on any atom is 0.268 e. The van der Waals surface area contributed by atoms with Crippen molar-refractivity contribution in [3.63, 3.8) is 0 Å². The molecule has 4 bridgehead atoms. The van der Waals surface area contributed by atoms with Crippen LogP contribution in [0.25, 0.3) is 0 Å². The molecule has 1 heterocycles. The maximum atomic E-state index is 14.5. The summed E-state index contributed by atoms with van der Waals surface area (Å²) < 4.78 is 1.49. The van der Waals surface area contributed by atoms with Crippen molar-refractivity contribution in [2.75, 3.05) is 27.2 Å². The lowest BCUT2D eigenvalue weighted by Crippen LogP contribution is -2.65. The first kappa shape index (κ1) is 71.6. The van der Waals surface area contributed by atoms with Crippen LogP contribution in [0.2, 0.25) is 0 Å². The Balaban J connectivity index is 1.44. The summed E-state index contributed by atoms with van der Waals surface area (Å²) in [5.41, 5.74) is -4.98. The molecule has 4 aliphatic carbocycles. The Kier molecular flexibility index (Phi) is 26.7. The first-order valence-electron chi connectivity index (χ1n) is 31.7. The van der Waals surface area contributed by atoms with Gasteiger partial charge in [-0.25, -0.2) is 0 Å². The predicted molar refractivity (Wildman–Crippen MR) is 330 cm³/mol. The number of carbonyl (C=O) groups is 10. The molecule has 4 saturated carbocycles. The number of hydrogen-bond donors (Lipinski definition) is 9. The zero-order chi connectivity index (χ0) is 63.8. The van der Waals surface area contributed by atoms with Crippen LogP contribution in [0.15, 0.2) is 18.3 Å². The van der Waals surface area contributed by atoms with Crippen LogP contribution in [0.5, 0.6) is 0 Å². The third kappa shape index (κ3) is 21.8. The highest BCUT2D eigenvalue weighted by molar-refractivity contribution is 6.02. The summed E-state index contributed by atoms with van der Waals surface area (Å²) in [6.45, 7) is 24.9. The molecule has 0 unspecified atom stereocenters. The van der Waals surface area contributed by atoms with Crippen LogP contribution in [0.3, 0.4) is 0 Å². The van der Waals surface area contributed by atoms with Crippen molar-refractivity contribution in [2.45, 2.75) is 253 Å². The monoisotopic (exact) mass is 1190 g/mol. The van der Waals surface area contributed by atoms with Crippen molar-refractivity contribution >= 4 is 59.1 Å². The van der Waals surface area contributed by atoms with E-state index in [0.29, 0.717) is 37.1 Å². The van der Waals surface area contributed by atoms with Gasteiger partial charge < -0.3 is 52.8 Å². The molecule has 21 heteroatoms. The van der Waals surface area contributed by atoms with E-state index in [1.165, 1.54) is 65.4 Å². The summed E-state index contributed by atoms with van der Waals surface area (Å²) >= 11 is 0. The topological polar surface area (TPSA) is 287 Å². The maximum absolute atomic E-state index is 14.5. The number of carbonyl (C=O) groups excluding carboxylic acids is 10. The number of amides is 9. The summed E-state index contributed by atoms with van der Waals surface area (Å²) in [5, 5.41) is 25.3. The average molecular weight is 1190 g/mol. The molecule has 9 amide bonds. The number of rotatable bonds is 35. The van der Waals surface area contributed by atoms with Gasteiger partial charge in [-0.1, -0.05) is 87.0 Å². The van der Waals surface area contributed by atoms with Gasteiger partial charge in [-0.05, 0) is 174 Å². The lowest BCUT2D eigenvalue weighted by molar-refractivity contribution is -0.139. The number of aromatic nitrogens is 1. The third-order valence-corrected chi connectivity index (χ3v) is 16.9. The molecular weight excluding hydrogens is 1080 g/mol. The van der Waals surface area contributed by atoms with E-state index < -0.39 is 93.5 Å². The molecular formula is C64H109N11O10. The Morgan fingerprint density at radius 3 is 1.52 bits per heavy atom. The lowest BCUT2D eigenvalue weighted by Gasteiger charge is -2.55. The van der Waals surface area contributed by atoms with Gasteiger partial charge in [0.1, 0.15) is 46.5 Å². The van der Waals surface area contributed by atoms with Crippen molar-refractivity contribution in [3.8, 4) is 0 Å². The van der Waals surface area contributed by atoms with E-state index in [9.17, 15) is 47.9 Å². The summed E-state index contributed by atoms with van der Waals surface area (Å²) in [6, 6.07) is -1.28. The van der Waals surface area contributed by atoms with Crippen LogP contribution in [0, 0.1) is 40.9 Å². The third-order valence-electron chi connectivity index (χ3n) is 16.9. The SMILES string of the molecule is CCCCCCCC[C@H](NC(=O)c1cccn1C(=O)C12CC3CC(CC(C3)C1)C2)C(=O)N[C@@H](CC(C)C)C(=O)NC(C)(C)C(=O)N[C@@H](CC(C)C)C(=O)N[C@@H](CC(C)C)C(=O)NC(C)(C)C(=O)NC(C)(C)C(=O)NCCC(=O)N[C@@H](C)CN(C)C. The van der Waals surface area contributed by atoms with Crippen LogP contribution < -0.4 is 47.9 Å². The van der Waals surface area contributed by atoms with E-state index in [2.05, 4.69) is 54.8 Å². The lowest BCUT2D eigenvalue weighted by atomic mass is 9.49. The minimum Gasteiger partial charge on any atom is -0.354 e. The van der Waals surface area contributed by atoms with Crippen LogP contribution in [0.1, 0.15) is 221 Å². The molecule has 0 spiro atoms. The highest BCUT2D eigenvalue weighted by Crippen LogP contribution is 2.60. The highest BCUT2D eigenvalue weighted by Gasteiger charge is 2.55. The molecule has 0 radical (unpaired) electrons. The van der Waals surface area contributed by atoms with Gasteiger partial charge in [0.15, 0.2) is 0 Å². The number of likely N-dealkylation sites (N-methyl/N-ethyl adjacent to an activating group) is 1. The Morgan fingerprint density at radius 1 is 0.565 bits per heavy atom. The standard InChI is InChI=1S/C64H109N11O10/c1-17-18-19-20-21-22-24-46(67-56(81)50-25-23-28-75(50)60(85)64-35-43-32-44(36-64)34-45(33-43)37-64)52(77)68-48(30-40(4)5)54(79)71-62(11,12)58(83)70-47(29-39(2)3)53(78)69-49(31-41(6)7)55(80)72-63(13,14)59(84)73-61(9,10)57(82)65-27-26-51(76)66-42(8)38-74(15)16/h23,25,28,39-49H,17-22,24,26-27,29-38H2,1-16H3,(H,65,82)(H,66,76)(H,67,81)(H,68,77)(H,69,78)(H,70,83)(H,71,79)(H,72,80)(H,73,84)/t42-,43?,44?,45?,46-,47-,48-,49-,64?/m0/s1. The minimum atomic E-state index is -1.64. The Bertz CT molecular complexity index is 2440. The fourth-order valence-electron chi connectivity index (χ4n) is 12.8. The van der Waals surface area contributed by atoms with Crippen molar-refractivity contribution in [2.24, 2.45) is 40.9 Å². The van der Waals surface area contributed by atoms with Crippen molar-refractivity contribution in [1.82, 2.24) is 57.3 Å². The van der Waals surface area contributed by atoms with Crippen molar-refractivity contribution in [1.29, 1.82) is 0 Å². The molecule has 1 aromatic heterocycles. The Morgan fingerprint density at radius 2 is 1.02 bits per heavy atom. The number of nitrogens with zero attached hydrogens (tertiary/aromatic N) is 2. The zero-order valence-corrected chi connectivity index (χ0v) is 54.5. The Labute approximate surface area is 507 Å². The molecule has 0 aromatic carbocycles. The molecule has 21 nitrogen and oxygen atoms in total. The van der Waals surface area contributed by atoms with Crippen molar-refractivity contribution in [3.05, 3.63) is 24.0 Å². The van der Waals surface area contributed by atoms with Gasteiger partial charge in [-0.15, -0.1) is 0 Å². The smallest absolute Gasteiger partial charge is 0.268 e. The molecule has 9 N–H and O–H groups in total. The van der Waals surface area contributed by atoms with Gasteiger partial charge in [-0.3, -0.25) is 52.5 Å². The van der Waals surface area contributed by atoms with Crippen LogP contribution in [0.4, 0.5) is 0 Å². The van der Waals surface area contributed by atoms with Gasteiger partial charge >= 0.3 is 0 Å². The van der Waals surface area contributed by atoms with Crippen LogP contribution >= 0.6 is 0 Å². The minimum absolute atomic E-state index is 0.0303. The first-order chi connectivity index (χ1) is 39.6. The highest BCUT2D eigenvalue weighted by atomic mass is 16.2. The molecule has 0 saturated heterocycles. The second-order valence-corrected chi connectivity index (χ2v) is 28.4. The van der Waals surface area contributed by atoms with Gasteiger partial charge in [-0.2, -0.15) is 0 Å². The average Bonchev–Trinajstić information content (AvgIpc) is 1.82. The molecule has 4 aliphatic rings. The predicted octanol–water partition coefficient (Wildman–Crippen LogP) is 6.04. The first-order valence-corrected chi connectivity index (χ1v) is 31.7. The number of nitrogens with one attached hydrogen (secondary N) is 9. The van der Waals surface area contributed by atoms with Gasteiger partial charge in [0.05, 0.1) is 5.41 Å². The molecule has 85 heavy (non-hydrogen) atoms. The van der Waals surface area contributed by atoms with E-state index in [0.717, 1.165) is 51.4 Å². The van der Waals surface area contributed by atoms with Crippen molar-refractivity contribution < 1.29 is 47.9 Å². The number of hydrogen-bond acceptors (Lipinski definition) is 11. The Hall–Kier alpha value is -5.86. The summed E-state index contributed by atoms with van der Waals surface area (Å²) in [7, 11) is 3.80. The molecule has 480 valence electrons. The van der Waals surface area contributed by atoms with E-state index in [4.69, 9.17) is 0 Å². The molecule has 0 aliphatic heterocycles. The molecule has 5 rings (SSSR count). The van der Waals surface area contributed by atoms with E-state index in [-0.39, 0.29) is 73.5 Å². The normalized spacial score (nSPS) is 20.2. The molecule has 4 fully saturated rings. The fourth-order valence-corrected chi connectivity index (χ4v) is 12.8. The largest absolute Gasteiger partial charge is 0.354 e.